The van der Waals surface area contributed by atoms with Crippen LogP contribution in [0.15, 0.2) is 29.6 Å². The summed E-state index contributed by atoms with van der Waals surface area (Å²) in [6.45, 7) is 5.37. The smallest absolute Gasteiger partial charge is 0.329 e. The van der Waals surface area contributed by atoms with E-state index in [2.05, 4.69) is 20.8 Å². The largest absolute Gasteiger partial charge is 0.343 e. The van der Waals surface area contributed by atoms with Gasteiger partial charge in [-0.2, -0.15) is 5.10 Å². The Bertz CT molecular complexity index is 449. The Kier molecular flexibility index (Phi) is 4.53. The van der Waals surface area contributed by atoms with Crippen molar-refractivity contribution >= 4 is 18.0 Å². The van der Waals surface area contributed by atoms with Gasteiger partial charge < -0.3 is 5.32 Å². The van der Waals surface area contributed by atoms with Crippen LogP contribution in [0.1, 0.15) is 26.3 Å². The number of hydrazone groups is 1. The lowest BCUT2D eigenvalue weighted by Gasteiger charge is -2.19. The van der Waals surface area contributed by atoms with Crippen LogP contribution in [0.2, 0.25) is 0 Å². The zero-order valence-corrected chi connectivity index (χ0v) is 10.6. The third kappa shape index (κ3) is 5.20. The lowest BCUT2D eigenvalue weighted by molar-refractivity contribution is -0.140. The predicted octanol–water partition coefficient (Wildman–Crippen LogP) is 0.446. The van der Waals surface area contributed by atoms with Crippen LogP contribution in [0.4, 0.5) is 0 Å². The highest BCUT2D eigenvalue weighted by Gasteiger charge is 2.19. The fraction of sp³-hybridized carbons (Fsp3) is 0.333. The van der Waals surface area contributed by atoms with Crippen molar-refractivity contribution in [3.63, 3.8) is 0 Å². The van der Waals surface area contributed by atoms with Crippen molar-refractivity contribution in [1.29, 1.82) is 0 Å². The summed E-state index contributed by atoms with van der Waals surface area (Å²) in [5.41, 5.74) is 2.42. The summed E-state index contributed by atoms with van der Waals surface area (Å²) in [6.07, 6.45) is 4.63. The number of rotatable bonds is 2. The van der Waals surface area contributed by atoms with Crippen molar-refractivity contribution in [2.24, 2.45) is 5.10 Å². The van der Waals surface area contributed by atoms with E-state index >= 15 is 0 Å². The molecule has 96 valence electrons. The number of hydrogen-bond donors (Lipinski definition) is 2. The summed E-state index contributed by atoms with van der Waals surface area (Å²) in [5.74, 6) is -1.52. The summed E-state index contributed by atoms with van der Waals surface area (Å²) in [4.78, 5) is 26.6. The third-order valence-corrected chi connectivity index (χ3v) is 1.76. The predicted molar refractivity (Wildman–Crippen MR) is 67.9 cm³/mol. The van der Waals surface area contributed by atoms with Gasteiger partial charge in [-0.25, -0.2) is 5.43 Å². The SMILES string of the molecule is CC(C)(C)NC(=O)C(=O)N/N=C/c1cccnc1. The molecule has 6 nitrogen and oxygen atoms in total. The minimum atomic E-state index is -0.801. The van der Waals surface area contributed by atoms with Crippen LogP contribution in [-0.2, 0) is 9.59 Å². The Morgan fingerprint density at radius 3 is 2.61 bits per heavy atom. The molecule has 0 aliphatic carbocycles. The number of hydrogen-bond acceptors (Lipinski definition) is 4. The van der Waals surface area contributed by atoms with Gasteiger partial charge >= 0.3 is 11.8 Å². The second kappa shape index (κ2) is 5.90. The number of nitrogens with one attached hydrogen (secondary N) is 2. The molecule has 0 spiro atoms. The van der Waals surface area contributed by atoms with Gasteiger partial charge in [-0.15, -0.1) is 0 Å². The molecule has 0 aromatic carbocycles. The van der Waals surface area contributed by atoms with Crippen LogP contribution >= 0.6 is 0 Å². The lowest BCUT2D eigenvalue weighted by atomic mass is 10.1. The van der Waals surface area contributed by atoms with Crippen LogP contribution in [0.5, 0.6) is 0 Å². The minimum absolute atomic E-state index is 0.457. The van der Waals surface area contributed by atoms with Gasteiger partial charge in [0.25, 0.3) is 0 Å². The van der Waals surface area contributed by atoms with E-state index in [1.807, 2.05) is 0 Å². The zero-order chi connectivity index (χ0) is 13.6. The Balaban J connectivity index is 2.47. The summed E-state index contributed by atoms with van der Waals surface area (Å²) in [7, 11) is 0. The van der Waals surface area contributed by atoms with Gasteiger partial charge in [-0.05, 0) is 26.8 Å². The van der Waals surface area contributed by atoms with Crippen LogP contribution in [-0.4, -0.2) is 28.6 Å². The number of nitrogens with zero attached hydrogens (tertiary/aromatic N) is 2. The molecule has 0 unspecified atom stereocenters. The quantitative estimate of drug-likeness (QED) is 0.452. The fourth-order valence-electron chi connectivity index (χ4n) is 1.07. The first-order valence-corrected chi connectivity index (χ1v) is 5.44. The van der Waals surface area contributed by atoms with Crippen molar-refractivity contribution in [2.75, 3.05) is 0 Å². The van der Waals surface area contributed by atoms with Crippen LogP contribution in [0.3, 0.4) is 0 Å². The molecule has 0 fully saturated rings. The van der Waals surface area contributed by atoms with Crippen molar-refractivity contribution in [3.05, 3.63) is 30.1 Å². The van der Waals surface area contributed by atoms with Crippen LogP contribution in [0, 0.1) is 0 Å². The van der Waals surface area contributed by atoms with E-state index in [9.17, 15) is 9.59 Å². The van der Waals surface area contributed by atoms with Crippen LogP contribution < -0.4 is 10.7 Å². The lowest BCUT2D eigenvalue weighted by Crippen LogP contribution is -2.47. The molecule has 1 aromatic heterocycles. The molecule has 1 heterocycles. The van der Waals surface area contributed by atoms with Crippen molar-refractivity contribution in [1.82, 2.24) is 15.7 Å². The highest BCUT2D eigenvalue weighted by atomic mass is 16.2. The molecule has 6 heteroatoms. The van der Waals surface area contributed by atoms with Gasteiger partial charge in [0.1, 0.15) is 0 Å². The van der Waals surface area contributed by atoms with E-state index < -0.39 is 17.4 Å². The molecule has 0 saturated carbocycles. The van der Waals surface area contributed by atoms with Gasteiger partial charge in [0.05, 0.1) is 6.21 Å². The van der Waals surface area contributed by atoms with E-state index in [0.717, 1.165) is 5.56 Å². The minimum Gasteiger partial charge on any atom is -0.343 e. The van der Waals surface area contributed by atoms with E-state index in [-0.39, 0.29) is 0 Å². The van der Waals surface area contributed by atoms with Crippen molar-refractivity contribution in [3.8, 4) is 0 Å². The molecule has 1 aromatic rings. The average molecular weight is 248 g/mol. The first kappa shape index (κ1) is 13.8. The molecule has 0 bridgehead atoms. The Hall–Kier alpha value is -2.24. The monoisotopic (exact) mass is 248 g/mol. The van der Waals surface area contributed by atoms with Gasteiger partial charge in [-0.3, -0.25) is 14.6 Å². The molecule has 0 radical (unpaired) electrons. The molecular weight excluding hydrogens is 232 g/mol. The van der Waals surface area contributed by atoms with Gasteiger partial charge in [0.2, 0.25) is 0 Å². The average Bonchev–Trinajstić information content (AvgIpc) is 2.28. The zero-order valence-electron chi connectivity index (χ0n) is 10.6. The van der Waals surface area contributed by atoms with Crippen molar-refractivity contribution < 1.29 is 9.59 Å². The standard InChI is InChI=1S/C12H16N4O2/c1-12(2,3)15-10(17)11(18)16-14-8-9-5-4-6-13-7-9/h4-8H,1-3H3,(H,15,17)(H,16,18)/b14-8+. The van der Waals surface area contributed by atoms with Crippen molar-refractivity contribution in [2.45, 2.75) is 26.3 Å². The van der Waals surface area contributed by atoms with Gasteiger partial charge in [-0.1, -0.05) is 6.07 Å². The Labute approximate surface area is 105 Å². The molecular formula is C12H16N4O2. The summed E-state index contributed by atoms with van der Waals surface area (Å²) >= 11 is 0. The summed E-state index contributed by atoms with van der Waals surface area (Å²) in [6, 6.07) is 3.52. The molecule has 2 amide bonds. The maximum atomic E-state index is 11.4. The number of aromatic nitrogens is 1. The van der Waals surface area contributed by atoms with E-state index in [1.54, 1.807) is 45.3 Å². The maximum Gasteiger partial charge on any atom is 0.329 e. The van der Waals surface area contributed by atoms with E-state index in [4.69, 9.17) is 0 Å². The number of carbonyl (C=O) groups excluding carboxylic acids is 2. The van der Waals surface area contributed by atoms with Gasteiger partial charge in [0.15, 0.2) is 0 Å². The number of carbonyl (C=O) groups is 2. The Morgan fingerprint density at radius 2 is 2.06 bits per heavy atom. The number of pyridine rings is 1. The molecule has 0 aliphatic heterocycles. The molecule has 18 heavy (non-hydrogen) atoms. The van der Waals surface area contributed by atoms with Crippen LogP contribution in [0.25, 0.3) is 0 Å². The highest BCUT2D eigenvalue weighted by molar-refractivity contribution is 6.35. The Morgan fingerprint density at radius 1 is 1.33 bits per heavy atom. The second-order valence-corrected chi connectivity index (χ2v) is 4.69. The summed E-state index contributed by atoms with van der Waals surface area (Å²) < 4.78 is 0. The first-order valence-electron chi connectivity index (χ1n) is 5.44. The van der Waals surface area contributed by atoms with E-state index in [1.165, 1.54) is 6.21 Å². The molecule has 0 atom stereocenters. The molecule has 2 N–H and O–H groups in total. The fourth-order valence-corrected chi connectivity index (χ4v) is 1.07. The first-order chi connectivity index (χ1) is 8.38. The number of amides is 2. The van der Waals surface area contributed by atoms with E-state index in [0.29, 0.717) is 0 Å². The molecule has 0 saturated heterocycles. The molecule has 0 aliphatic rings. The molecule has 1 rings (SSSR count). The topological polar surface area (TPSA) is 83.5 Å². The highest BCUT2D eigenvalue weighted by Crippen LogP contribution is 1.97. The summed E-state index contributed by atoms with van der Waals surface area (Å²) in [5, 5.41) is 6.20. The third-order valence-electron chi connectivity index (χ3n) is 1.76. The second-order valence-electron chi connectivity index (χ2n) is 4.69. The maximum absolute atomic E-state index is 11.4. The normalized spacial score (nSPS) is 11.3. The van der Waals surface area contributed by atoms with Gasteiger partial charge in [0, 0.05) is 23.5 Å².